The molecule has 1 aliphatic rings. The van der Waals surface area contributed by atoms with Gasteiger partial charge in [-0.05, 0) is 27.2 Å². The number of rotatable bonds is 1. The van der Waals surface area contributed by atoms with Crippen molar-refractivity contribution in [2.45, 2.75) is 45.1 Å². The molecule has 1 aliphatic heterocycles. The summed E-state index contributed by atoms with van der Waals surface area (Å²) in [5.74, 6) is 0.636. The third kappa shape index (κ3) is 2.89. The molecule has 6 nitrogen and oxygen atoms in total. The highest BCUT2D eigenvalue weighted by Crippen LogP contribution is 2.34. The number of ether oxygens (including phenoxy) is 1. The molecule has 20 heavy (non-hydrogen) atoms. The van der Waals surface area contributed by atoms with Crippen molar-refractivity contribution in [1.82, 2.24) is 14.7 Å². The molecule has 2 heterocycles. The van der Waals surface area contributed by atoms with E-state index in [0.717, 1.165) is 12.1 Å². The molecule has 2 rings (SSSR count). The summed E-state index contributed by atoms with van der Waals surface area (Å²) in [5.41, 5.74) is 6.15. The van der Waals surface area contributed by atoms with Crippen molar-refractivity contribution in [1.29, 1.82) is 0 Å². The Morgan fingerprint density at radius 1 is 1.50 bits per heavy atom. The summed E-state index contributed by atoms with van der Waals surface area (Å²) in [5, 5.41) is 4.45. The van der Waals surface area contributed by atoms with Crippen LogP contribution in [0.5, 0.6) is 0 Å². The molecular weight excluding hydrogens is 256 g/mol. The zero-order chi connectivity index (χ0) is 15.1. The van der Waals surface area contributed by atoms with Crippen LogP contribution in [0.1, 0.15) is 39.8 Å². The van der Waals surface area contributed by atoms with E-state index in [1.807, 2.05) is 33.9 Å². The van der Waals surface area contributed by atoms with Crippen LogP contribution in [-0.4, -0.2) is 39.5 Å². The van der Waals surface area contributed by atoms with Gasteiger partial charge in [0.15, 0.2) is 0 Å². The van der Waals surface area contributed by atoms with E-state index < -0.39 is 5.60 Å². The maximum absolute atomic E-state index is 12.1. The summed E-state index contributed by atoms with van der Waals surface area (Å²) in [6, 6.07) is 1.89. The van der Waals surface area contributed by atoms with E-state index in [9.17, 15) is 4.79 Å². The first-order valence-electron chi connectivity index (χ1n) is 6.89. The first-order valence-corrected chi connectivity index (χ1v) is 6.89. The number of hydrogen-bond acceptors (Lipinski definition) is 4. The van der Waals surface area contributed by atoms with Crippen molar-refractivity contribution in [2.24, 2.45) is 7.05 Å². The van der Waals surface area contributed by atoms with Crippen LogP contribution in [-0.2, 0) is 17.2 Å². The number of aryl methyl sites for hydroxylation is 1. The second kappa shape index (κ2) is 4.68. The van der Waals surface area contributed by atoms with Crippen LogP contribution in [0.15, 0.2) is 6.07 Å². The lowest BCUT2D eigenvalue weighted by Gasteiger charge is -2.26. The van der Waals surface area contributed by atoms with Crippen LogP contribution < -0.4 is 5.73 Å². The minimum absolute atomic E-state index is 0.160. The van der Waals surface area contributed by atoms with Gasteiger partial charge in [0.1, 0.15) is 11.4 Å². The van der Waals surface area contributed by atoms with E-state index >= 15 is 0 Å². The Balaban J connectivity index is 2.09. The lowest BCUT2D eigenvalue weighted by Crippen LogP contribution is -2.37. The van der Waals surface area contributed by atoms with E-state index in [1.165, 1.54) is 0 Å². The molecule has 1 aromatic rings. The van der Waals surface area contributed by atoms with Gasteiger partial charge in [0, 0.05) is 31.6 Å². The molecule has 6 heteroatoms. The quantitative estimate of drug-likeness (QED) is 0.852. The van der Waals surface area contributed by atoms with Crippen molar-refractivity contribution in [3.8, 4) is 0 Å². The smallest absolute Gasteiger partial charge is 0.410 e. The van der Waals surface area contributed by atoms with Crippen molar-refractivity contribution in [3.05, 3.63) is 11.8 Å². The molecule has 1 aromatic heterocycles. The van der Waals surface area contributed by atoms with Gasteiger partial charge in [-0.1, -0.05) is 6.92 Å². The second-order valence-electron chi connectivity index (χ2n) is 6.79. The molecule has 0 bridgehead atoms. The van der Waals surface area contributed by atoms with E-state index in [0.29, 0.717) is 18.9 Å². The van der Waals surface area contributed by atoms with E-state index in [1.54, 1.807) is 9.58 Å². The molecule has 1 unspecified atom stereocenters. The van der Waals surface area contributed by atoms with Crippen molar-refractivity contribution >= 4 is 11.9 Å². The number of nitrogens with zero attached hydrogens (tertiary/aromatic N) is 3. The molecule has 1 fully saturated rings. The van der Waals surface area contributed by atoms with Gasteiger partial charge in [-0.3, -0.25) is 4.68 Å². The summed E-state index contributed by atoms with van der Waals surface area (Å²) in [4.78, 5) is 13.9. The van der Waals surface area contributed by atoms with Gasteiger partial charge in [0.05, 0.1) is 5.69 Å². The third-order valence-electron chi connectivity index (χ3n) is 3.66. The van der Waals surface area contributed by atoms with Crippen molar-refractivity contribution in [3.63, 3.8) is 0 Å². The number of nitrogen functional groups attached to an aromatic ring is 1. The number of aromatic nitrogens is 2. The normalized spacial score (nSPS) is 23.1. The van der Waals surface area contributed by atoms with Gasteiger partial charge in [0.2, 0.25) is 0 Å². The number of amides is 1. The Morgan fingerprint density at radius 3 is 2.65 bits per heavy atom. The Hall–Kier alpha value is -1.72. The standard InChI is InChI=1S/C14H24N4O2/c1-13(2,3)20-12(19)18-7-6-14(4,9-18)10-8-11(15)17(5)16-10/h8H,6-7,9,15H2,1-5H3. The SMILES string of the molecule is Cn1nc(C2(C)CCN(C(=O)OC(C)(C)C)C2)cc1N. The average molecular weight is 280 g/mol. The summed E-state index contributed by atoms with van der Waals surface area (Å²) in [6.45, 7) is 9.03. The highest BCUT2D eigenvalue weighted by molar-refractivity contribution is 5.69. The number of anilines is 1. The molecule has 0 radical (unpaired) electrons. The van der Waals surface area contributed by atoms with Crippen LogP contribution in [0.3, 0.4) is 0 Å². The minimum Gasteiger partial charge on any atom is -0.444 e. The van der Waals surface area contributed by atoms with Crippen molar-refractivity contribution in [2.75, 3.05) is 18.8 Å². The maximum atomic E-state index is 12.1. The Bertz CT molecular complexity index is 498. The van der Waals surface area contributed by atoms with Crippen LogP contribution in [0.25, 0.3) is 0 Å². The van der Waals surface area contributed by atoms with E-state index in [4.69, 9.17) is 10.5 Å². The van der Waals surface area contributed by atoms with Gasteiger partial charge in [-0.15, -0.1) is 0 Å². The summed E-state index contributed by atoms with van der Waals surface area (Å²) in [7, 11) is 1.82. The highest BCUT2D eigenvalue weighted by Gasteiger charge is 2.40. The van der Waals surface area contributed by atoms with Gasteiger partial charge in [-0.25, -0.2) is 4.79 Å². The van der Waals surface area contributed by atoms with Crippen molar-refractivity contribution < 1.29 is 9.53 Å². The Kier molecular flexibility index (Phi) is 3.44. The maximum Gasteiger partial charge on any atom is 0.410 e. The first-order chi connectivity index (χ1) is 9.11. The topological polar surface area (TPSA) is 73.4 Å². The molecule has 1 amide bonds. The minimum atomic E-state index is -0.467. The molecule has 0 saturated carbocycles. The fourth-order valence-corrected chi connectivity index (χ4v) is 2.43. The van der Waals surface area contributed by atoms with Crippen LogP contribution >= 0.6 is 0 Å². The summed E-state index contributed by atoms with van der Waals surface area (Å²) in [6.07, 6.45) is 0.605. The average Bonchev–Trinajstić information content (AvgIpc) is 2.83. The Morgan fingerprint density at radius 2 is 2.15 bits per heavy atom. The zero-order valence-electron chi connectivity index (χ0n) is 12.9. The Labute approximate surface area is 119 Å². The largest absolute Gasteiger partial charge is 0.444 e. The van der Waals surface area contributed by atoms with Crippen LogP contribution in [0.4, 0.5) is 10.6 Å². The highest BCUT2D eigenvalue weighted by atomic mass is 16.6. The number of nitrogens with two attached hydrogens (primary N) is 1. The zero-order valence-corrected chi connectivity index (χ0v) is 12.9. The number of carbonyl (C=O) groups is 1. The number of likely N-dealkylation sites (tertiary alicyclic amines) is 1. The second-order valence-corrected chi connectivity index (χ2v) is 6.79. The van der Waals surface area contributed by atoms with E-state index in [-0.39, 0.29) is 11.5 Å². The predicted molar refractivity (Wildman–Crippen MR) is 77.4 cm³/mol. The summed E-state index contributed by atoms with van der Waals surface area (Å²) < 4.78 is 7.08. The number of carbonyl (C=O) groups excluding carboxylic acids is 1. The van der Waals surface area contributed by atoms with E-state index in [2.05, 4.69) is 12.0 Å². The molecule has 0 aliphatic carbocycles. The molecule has 112 valence electrons. The molecule has 1 atom stereocenters. The fraction of sp³-hybridized carbons (Fsp3) is 0.714. The molecular formula is C14H24N4O2. The van der Waals surface area contributed by atoms with Gasteiger partial charge >= 0.3 is 6.09 Å². The van der Waals surface area contributed by atoms with Crippen LogP contribution in [0, 0.1) is 0 Å². The predicted octanol–water partition coefficient (Wildman–Crippen LogP) is 1.90. The number of hydrogen-bond donors (Lipinski definition) is 1. The fourth-order valence-electron chi connectivity index (χ4n) is 2.43. The molecule has 2 N–H and O–H groups in total. The third-order valence-corrected chi connectivity index (χ3v) is 3.66. The van der Waals surface area contributed by atoms with Gasteiger partial charge < -0.3 is 15.4 Å². The van der Waals surface area contributed by atoms with Gasteiger partial charge in [0.25, 0.3) is 0 Å². The molecule has 0 aromatic carbocycles. The molecule has 1 saturated heterocycles. The lowest BCUT2D eigenvalue weighted by molar-refractivity contribution is 0.0285. The lowest BCUT2D eigenvalue weighted by atomic mass is 9.86. The summed E-state index contributed by atoms with van der Waals surface area (Å²) >= 11 is 0. The van der Waals surface area contributed by atoms with Crippen LogP contribution in [0.2, 0.25) is 0 Å². The molecule has 0 spiro atoms. The monoisotopic (exact) mass is 280 g/mol. The van der Waals surface area contributed by atoms with Gasteiger partial charge in [-0.2, -0.15) is 5.10 Å². The first kappa shape index (κ1) is 14.7.